The Morgan fingerprint density at radius 2 is 2.00 bits per heavy atom. The van der Waals surface area contributed by atoms with Crippen LogP contribution in [0.2, 0.25) is 10.0 Å². The zero-order chi connectivity index (χ0) is 17.4. The number of nitrogens with one attached hydrogen (secondary N) is 1. The lowest BCUT2D eigenvalue weighted by molar-refractivity contribution is 0.208. The summed E-state index contributed by atoms with van der Waals surface area (Å²) in [5, 5.41) is 23.0. The second kappa shape index (κ2) is 6.36. The van der Waals surface area contributed by atoms with Crippen LogP contribution in [0.3, 0.4) is 0 Å². The van der Waals surface area contributed by atoms with E-state index in [0.29, 0.717) is 32.8 Å². The molecule has 1 atom stereocenters. The van der Waals surface area contributed by atoms with Gasteiger partial charge in [0.05, 0.1) is 28.7 Å². The van der Waals surface area contributed by atoms with Gasteiger partial charge in [-0.25, -0.2) is 14.2 Å². The third kappa shape index (κ3) is 2.93. The number of nitrogens with zero attached hydrogens (tertiary/aromatic N) is 5. The van der Waals surface area contributed by atoms with Crippen LogP contribution in [0.5, 0.6) is 0 Å². The van der Waals surface area contributed by atoms with Crippen molar-refractivity contribution in [1.29, 1.82) is 0 Å². The minimum Gasteiger partial charge on any atom is -0.369 e. The molecule has 7 nitrogen and oxygen atoms in total. The van der Waals surface area contributed by atoms with Crippen molar-refractivity contribution >= 4 is 34.7 Å². The fraction of sp³-hybridized carbons (Fsp3) is 0.0625. The summed E-state index contributed by atoms with van der Waals surface area (Å²) in [6, 6.07) is 8.57. The molecular weight excluding hydrogens is 363 g/mol. The summed E-state index contributed by atoms with van der Waals surface area (Å²) < 4.78 is 3.15. The van der Waals surface area contributed by atoms with Gasteiger partial charge in [0, 0.05) is 23.5 Å². The molecule has 3 heterocycles. The van der Waals surface area contributed by atoms with Crippen LogP contribution in [-0.4, -0.2) is 29.5 Å². The molecule has 3 aromatic heterocycles. The minimum atomic E-state index is -1.03. The number of benzene rings is 1. The smallest absolute Gasteiger partial charge is 0.162 e. The van der Waals surface area contributed by atoms with Gasteiger partial charge in [0.25, 0.3) is 0 Å². The first-order valence-electron chi connectivity index (χ1n) is 7.36. The second-order valence-electron chi connectivity index (χ2n) is 5.26. The maximum Gasteiger partial charge on any atom is 0.162 e. The number of hydrogen-bond donors (Lipinski definition) is 2. The third-order valence-electron chi connectivity index (χ3n) is 3.66. The van der Waals surface area contributed by atoms with Gasteiger partial charge in [0.1, 0.15) is 5.82 Å². The fourth-order valence-corrected chi connectivity index (χ4v) is 2.87. The van der Waals surface area contributed by atoms with E-state index in [-0.39, 0.29) is 0 Å². The third-order valence-corrected chi connectivity index (χ3v) is 4.22. The van der Waals surface area contributed by atoms with Crippen molar-refractivity contribution in [3.8, 4) is 5.69 Å². The standard InChI is InChI=1S/C16H12Cl2N6O/c17-10-2-3-12(18)13(8-10)24-14(4-6-20-24)22-16(25)11-9-21-23-7-1-5-19-15(11)23/h1-9,16,22,25H. The van der Waals surface area contributed by atoms with Gasteiger partial charge in [-0.3, -0.25) is 0 Å². The van der Waals surface area contributed by atoms with Gasteiger partial charge in [0.2, 0.25) is 0 Å². The Bertz CT molecular complexity index is 1040. The van der Waals surface area contributed by atoms with Crippen LogP contribution in [0.25, 0.3) is 11.3 Å². The van der Waals surface area contributed by atoms with Gasteiger partial charge in [-0.15, -0.1) is 0 Å². The average molecular weight is 375 g/mol. The maximum absolute atomic E-state index is 10.6. The van der Waals surface area contributed by atoms with Crippen LogP contribution in [0.4, 0.5) is 5.82 Å². The predicted molar refractivity (Wildman–Crippen MR) is 95.2 cm³/mol. The lowest BCUT2D eigenvalue weighted by Crippen LogP contribution is -2.13. The number of aromatic nitrogens is 5. The Balaban J connectivity index is 1.68. The van der Waals surface area contributed by atoms with E-state index in [0.717, 1.165) is 0 Å². The SMILES string of the molecule is OC(Nc1ccnn1-c1cc(Cl)ccc1Cl)c1cnn2cccnc12. The van der Waals surface area contributed by atoms with Crippen LogP contribution < -0.4 is 5.32 Å². The summed E-state index contributed by atoms with van der Waals surface area (Å²) in [5.41, 5.74) is 1.71. The molecule has 25 heavy (non-hydrogen) atoms. The molecule has 0 bridgehead atoms. The lowest BCUT2D eigenvalue weighted by Gasteiger charge is -2.15. The molecule has 0 saturated carbocycles. The normalized spacial score (nSPS) is 12.4. The lowest BCUT2D eigenvalue weighted by atomic mass is 10.3. The van der Waals surface area contributed by atoms with E-state index in [2.05, 4.69) is 20.5 Å². The molecule has 0 aliphatic carbocycles. The maximum atomic E-state index is 10.6. The number of anilines is 1. The number of aliphatic hydroxyl groups is 1. The van der Waals surface area contributed by atoms with Gasteiger partial charge < -0.3 is 10.4 Å². The second-order valence-corrected chi connectivity index (χ2v) is 6.10. The Hall–Kier alpha value is -2.61. The van der Waals surface area contributed by atoms with Crippen LogP contribution in [0, 0.1) is 0 Å². The summed E-state index contributed by atoms with van der Waals surface area (Å²) in [5.74, 6) is 0.548. The zero-order valence-electron chi connectivity index (χ0n) is 12.7. The number of halogens is 2. The van der Waals surface area contributed by atoms with Crippen molar-refractivity contribution in [1.82, 2.24) is 24.4 Å². The van der Waals surface area contributed by atoms with Crippen LogP contribution in [0.1, 0.15) is 11.8 Å². The number of fused-ring (bicyclic) bond motifs is 1. The van der Waals surface area contributed by atoms with Gasteiger partial charge in [-0.2, -0.15) is 10.2 Å². The first-order valence-corrected chi connectivity index (χ1v) is 8.11. The Labute approximate surface area is 152 Å². The Kier molecular flexibility index (Phi) is 4.04. The minimum absolute atomic E-state index is 0.489. The number of aliphatic hydroxyl groups excluding tert-OH is 1. The summed E-state index contributed by atoms with van der Waals surface area (Å²) in [6.07, 6.45) is 5.53. The zero-order valence-corrected chi connectivity index (χ0v) is 14.2. The molecular formula is C16H12Cl2N6O. The largest absolute Gasteiger partial charge is 0.369 e. The molecule has 0 spiro atoms. The topological polar surface area (TPSA) is 80.3 Å². The molecule has 4 rings (SSSR count). The fourth-order valence-electron chi connectivity index (χ4n) is 2.51. The van der Waals surface area contributed by atoms with Gasteiger partial charge >= 0.3 is 0 Å². The molecule has 0 fully saturated rings. The monoisotopic (exact) mass is 374 g/mol. The number of rotatable bonds is 4. The first-order chi connectivity index (χ1) is 12.1. The van der Waals surface area contributed by atoms with E-state index in [1.807, 2.05) is 0 Å². The molecule has 1 aromatic carbocycles. The van der Waals surface area contributed by atoms with E-state index in [1.54, 1.807) is 64.3 Å². The highest BCUT2D eigenvalue weighted by atomic mass is 35.5. The summed E-state index contributed by atoms with van der Waals surface area (Å²) >= 11 is 12.3. The molecule has 126 valence electrons. The van der Waals surface area contributed by atoms with Crippen molar-refractivity contribution in [3.63, 3.8) is 0 Å². The molecule has 0 aliphatic rings. The quantitative estimate of drug-likeness (QED) is 0.535. The van der Waals surface area contributed by atoms with E-state index in [1.165, 1.54) is 0 Å². The van der Waals surface area contributed by atoms with E-state index in [9.17, 15) is 5.11 Å². The molecule has 0 saturated heterocycles. The summed E-state index contributed by atoms with van der Waals surface area (Å²) in [7, 11) is 0. The highest BCUT2D eigenvalue weighted by molar-refractivity contribution is 6.34. The van der Waals surface area contributed by atoms with Gasteiger partial charge in [0.15, 0.2) is 11.9 Å². The molecule has 0 radical (unpaired) electrons. The van der Waals surface area contributed by atoms with Crippen LogP contribution in [-0.2, 0) is 0 Å². The molecule has 0 amide bonds. The molecule has 0 aliphatic heterocycles. The Morgan fingerprint density at radius 1 is 1.12 bits per heavy atom. The van der Waals surface area contributed by atoms with Crippen molar-refractivity contribution in [2.45, 2.75) is 6.23 Å². The highest BCUT2D eigenvalue weighted by Gasteiger charge is 2.17. The highest BCUT2D eigenvalue weighted by Crippen LogP contribution is 2.28. The first kappa shape index (κ1) is 15.9. The van der Waals surface area contributed by atoms with Gasteiger partial charge in [-0.05, 0) is 24.3 Å². The van der Waals surface area contributed by atoms with E-state index >= 15 is 0 Å². The number of hydrogen-bond acceptors (Lipinski definition) is 5. The van der Waals surface area contributed by atoms with Crippen molar-refractivity contribution < 1.29 is 5.11 Å². The summed E-state index contributed by atoms with van der Waals surface area (Å²) in [6.45, 7) is 0. The molecule has 9 heteroatoms. The van der Waals surface area contributed by atoms with E-state index < -0.39 is 6.23 Å². The summed E-state index contributed by atoms with van der Waals surface area (Å²) in [4.78, 5) is 4.24. The predicted octanol–water partition coefficient (Wildman–Crippen LogP) is 3.32. The Morgan fingerprint density at radius 3 is 2.88 bits per heavy atom. The van der Waals surface area contributed by atoms with Crippen LogP contribution in [0.15, 0.2) is 55.1 Å². The van der Waals surface area contributed by atoms with E-state index in [4.69, 9.17) is 23.2 Å². The van der Waals surface area contributed by atoms with Crippen LogP contribution >= 0.6 is 23.2 Å². The van der Waals surface area contributed by atoms with Gasteiger partial charge in [-0.1, -0.05) is 23.2 Å². The van der Waals surface area contributed by atoms with Crippen molar-refractivity contribution in [2.24, 2.45) is 0 Å². The van der Waals surface area contributed by atoms with Crippen molar-refractivity contribution in [3.05, 3.63) is 70.7 Å². The average Bonchev–Trinajstić information content (AvgIpc) is 3.23. The molecule has 4 aromatic rings. The molecule has 2 N–H and O–H groups in total. The molecule has 1 unspecified atom stereocenters. The van der Waals surface area contributed by atoms with Crippen molar-refractivity contribution in [2.75, 3.05) is 5.32 Å².